The van der Waals surface area contributed by atoms with Crippen LogP contribution < -0.4 is 15.4 Å². The molecule has 2 amide bonds. The number of rotatable bonds is 3. The van der Waals surface area contributed by atoms with E-state index in [0.29, 0.717) is 16.5 Å². The zero-order chi connectivity index (χ0) is 14.5. The zero-order valence-electron chi connectivity index (χ0n) is 12.0. The van der Waals surface area contributed by atoms with Crippen molar-refractivity contribution < 1.29 is 9.53 Å². The number of hydrogen-bond donors (Lipinski definition) is 2. The average molecular weight is 297 g/mol. The monoisotopic (exact) mass is 296 g/mol. The number of carbonyl (C=O) groups excluding carboxylic acids is 1. The number of benzene rings is 1. The summed E-state index contributed by atoms with van der Waals surface area (Å²) >= 11 is 6.05. The van der Waals surface area contributed by atoms with Crippen LogP contribution in [0.5, 0.6) is 5.75 Å². The molecule has 0 heterocycles. The fourth-order valence-corrected chi connectivity index (χ4v) is 2.67. The fourth-order valence-electron chi connectivity index (χ4n) is 2.52. The number of nitrogens with one attached hydrogen (secondary N) is 2. The molecule has 1 aliphatic carbocycles. The maximum absolute atomic E-state index is 12.0. The molecule has 0 aliphatic heterocycles. The molecule has 0 radical (unpaired) electrons. The van der Waals surface area contributed by atoms with Crippen LogP contribution in [0.15, 0.2) is 12.1 Å². The van der Waals surface area contributed by atoms with Gasteiger partial charge >= 0.3 is 6.03 Å². The molecule has 110 valence electrons. The summed E-state index contributed by atoms with van der Waals surface area (Å²) in [6, 6.07) is 3.63. The largest absolute Gasteiger partial charge is 0.495 e. The highest BCUT2D eigenvalue weighted by atomic mass is 35.5. The lowest BCUT2D eigenvalue weighted by molar-refractivity contribution is 0.244. The van der Waals surface area contributed by atoms with Gasteiger partial charge in [0.25, 0.3) is 0 Å². The lowest BCUT2D eigenvalue weighted by atomic mass is 9.96. The SMILES string of the molecule is COc1cc(Cl)c(C)cc1NC(=O)NC1CCCCC1. The first-order chi connectivity index (χ1) is 9.60. The summed E-state index contributed by atoms with van der Waals surface area (Å²) in [5, 5.41) is 6.48. The first-order valence-corrected chi connectivity index (χ1v) is 7.39. The van der Waals surface area contributed by atoms with Crippen LogP contribution in [-0.2, 0) is 0 Å². The van der Waals surface area contributed by atoms with Gasteiger partial charge in [0.15, 0.2) is 0 Å². The number of halogens is 1. The summed E-state index contributed by atoms with van der Waals surface area (Å²) in [5.41, 5.74) is 1.54. The Bertz CT molecular complexity index is 485. The van der Waals surface area contributed by atoms with Gasteiger partial charge in [-0.2, -0.15) is 0 Å². The summed E-state index contributed by atoms with van der Waals surface area (Å²) in [6.07, 6.45) is 5.76. The molecule has 0 bridgehead atoms. The third-order valence-electron chi connectivity index (χ3n) is 3.67. The van der Waals surface area contributed by atoms with E-state index in [2.05, 4.69) is 10.6 Å². The van der Waals surface area contributed by atoms with E-state index in [1.54, 1.807) is 13.2 Å². The van der Waals surface area contributed by atoms with Gasteiger partial charge in [-0.3, -0.25) is 0 Å². The number of urea groups is 1. The highest BCUT2D eigenvalue weighted by Crippen LogP contribution is 2.30. The van der Waals surface area contributed by atoms with Crippen molar-refractivity contribution in [1.29, 1.82) is 0 Å². The zero-order valence-corrected chi connectivity index (χ0v) is 12.7. The number of methoxy groups -OCH3 is 1. The second-order valence-electron chi connectivity index (χ2n) is 5.24. The lowest BCUT2D eigenvalue weighted by Gasteiger charge is -2.23. The second kappa shape index (κ2) is 6.84. The van der Waals surface area contributed by atoms with Crippen molar-refractivity contribution in [3.63, 3.8) is 0 Å². The van der Waals surface area contributed by atoms with Crippen LogP contribution >= 0.6 is 11.6 Å². The number of carbonyl (C=O) groups is 1. The molecule has 1 fully saturated rings. The Balaban J connectivity index is 2.01. The number of ether oxygens (including phenoxy) is 1. The molecule has 0 atom stereocenters. The van der Waals surface area contributed by atoms with Crippen molar-refractivity contribution in [2.45, 2.75) is 45.1 Å². The molecule has 0 spiro atoms. The summed E-state index contributed by atoms with van der Waals surface area (Å²) < 4.78 is 5.25. The van der Waals surface area contributed by atoms with Crippen LogP contribution in [0, 0.1) is 6.92 Å². The van der Waals surface area contributed by atoms with Crippen LogP contribution in [-0.4, -0.2) is 19.2 Å². The summed E-state index contributed by atoms with van der Waals surface area (Å²) in [4.78, 5) is 12.0. The minimum atomic E-state index is -0.183. The highest BCUT2D eigenvalue weighted by molar-refractivity contribution is 6.31. The first kappa shape index (κ1) is 15.0. The topological polar surface area (TPSA) is 50.4 Å². The Morgan fingerprint density at radius 3 is 2.65 bits per heavy atom. The molecule has 1 aliphatic rings. The lowest BCUT2D eigenvalue weighted by Crippen LogP contribution is -2.39. The van der Waals surface area contributed by atoms with Gasteiger partial charge in [-0.25, -0.2) is 4.79 Å². The molecular formula is C15H21ClN2O2. The normalized spacial score (nSPS) is 15.8. The van der Waals surface area contributed by atoms with Crippen molar-refractivity contribution in [2.75, 3.05) is 12.4 Å². The smallest absolute Gasteiger partial charge is 0.319 e. The Hall–Kier alpha value is -1.42. The number of hydrogen-bond acceptors (Lipinski definition) is 2. The molecule has 0 aromatic heterocycles. The number of aryl methyl sites for hydroxylation is 1. The minimum absolute atomic E-state index is 0.183. The van der Waals surface area contributed by atoms with E-state index < -0.39 is 0 Å². The van der Waals surface area contributed by atoms with Gasteiger partial charge in [-0.1, -0.05) is 30.9 Å². The molecule has 4 nitrogen and oxygen atoms in total. The summed E-state index contributed by atoms with van der Waals surface area (Å²) in [6.45, 7) is 1.89. The highest BCUT2D eigenvalue weighted by Gasteiger charge is 2.17. The van der Waals surface area contributed by atoms with Crippen molar-refractivity contribution >= 4 is 23.3 Å². The van der Waals surface area contributed by atoms with Crippen LogP contribution in [0.25, 0.3) is 0 Å². The van der Waals surface area contributed by atoms with Crippen LogP contribution in [0.4, 0.5) is 10.5 Å². The molecule has 0 unspecified atom stereocenters. The number of anilines is 1. The van der Waals surface area contributed by atoms with E-state index in [-0.39, 0.29) is 12.1 Å². The fraction of sp³-hybridized carbons (Fsp3) is 0.533. The van der Waals surface area contributed by atoms with E-state index in [1.165, 1.54) is 19.3 Å². The third-order valence-corrected chi connectivity index (χ3v) is 4.08. The van der Waals surface area contributed by atoms with Gasteiger partial charge in [-0.15, -0.1) is 0 Å². The van der Waals surface area contributed by atoms with Crippen LogP contribution in [0.3, 0.4) is 0 Å². The van der Waals surface area contributed by atoms with Gasteiger partial charge in [0.05, 0.1) is 12.8 Å². The molecule has 5 heteroatoms. The van der Waals surface area contributed by atoms with Crippen molar-refractivity contribution in [2.24, 2.45) is 0 Å². The summed E-state index contributed by atoms with van der Waals surface area (Å²) in [7, 11) is 1.56. The predicted molar refractivity (Wildman–Crippen MR) is 81.8 cm³/mol. The molecule has 20 heavy (non-hydrogen) atoms. The minimum Gasteiger partial charge on any atom is -0.495 e. The van der Waals surface area contributed by atoms with Gasteiger partial charge in [-0.05, 0) is 31.4 Å². The molecule has 2 rings (SSSR count). The Kier molecular flexibility index (Phi) is 5.12. The van der Waals surface area contributed by atoms with Crippen molar-refractivity contribution in [3.8, 4) is 5.75 Å². The van der Waals surface area contributed by atoms with Gasteiger partial charge < -0.3 is 15.4 Å². The van der Waals surface area contributed by atoms with E-state index in [4.69, 9.17) is 16.3 Å². The third kappa shape index (κ3) is 3.79. The van der Waals surface area contributed by atoms with Gasteiger partial charge in [0, 0.05) is 17.1 Å². The quantitative estimate of drug-likeness (QED) is 0.882. The summed E-state index contributed by atoms with van der Waals surface area (Å²) in [5.74, 6) is 0.569. The first-order valence-electron chi connectivity index (χ1n) is 7.02. The maximum Gasteiger partial charge on any atom is 0.319 e. The molecule has 1 saturated carbocycles. The van der Waals surface area contributed by atoms with E-state index in [0.717, 1.165) is 18.4 Å². The number of amides is 2. The van der Waals surface area contributed by atoms with Gasteiger partial charge in [0.1, 0.15) is 5.75 Å². The molecule has 0 saturated heterocycles. The molecule has 1 aromatic rings. The second-order valence-corrected chi connectivity index (χ2v) is 5.64. The Labute approximate surface area is 124 Å². The molecule has 1 aromatic carbocycles. The van der Waals surface area contributed by atoms with Crippen molar-refractivity contribution in [3.05, 3.63) is 22.7 Å². The van der Waals surface area contributed by atoms with Crippen LogP contribution in [0.1, 0.15) is 37.7 Å². The molecular weight excluding hydrogens is 276 g/mol. The van der Waals surface area contributed by atoms with E-state index in [1.807, 2.05) is 13.0 Å². The predicted octanol–water partition coefficient (Wildman–Crippen LogP) is 4.11. The van der Waals surface area contributed by atoms with Crippen LogP contribution in [0.2, 0.25) is 5.02 Å². The Morgan fingerprint density at radius 1 is 1.30 bits per heavy atom. The maximum atomic E-state index is 12.0. The van der Waals surface area contributed by atoms with E-state index >= 15 is 0 Å². The average Bonchev–Trinajstić information content (AvgIpc) is 2.43. The van der Waals surface area contributed by atoms with E-state index in [9.17, 15) is 4.79 Å². The Morgan fingerprint density at radius 2 is 2.00 bits per heavy atom. The molecule has 2 N–H and O–H groups in total. The van der Waals surface area contributed by atoms with Crippen molar-refractivity contribution in [1.82, 2.24) is 5.32 Å². The van der Waals surface area contributed by atoms with Gasteiger partial charge in [0.2, 0.25) is 0 Å². The standard InChI is InChI=1S/C15H21ClN2O2/c1-10-8-13(14(20-2)9-12(10)16)18-15(19)17-11-6-4-3-5-7-11/h8-9,11H,3-7H2,1-2H3,(H2,17,18,19).